The first-order valence-electron chi connectivity index (χ1n) is 9.89. The quantitative estimate of drug-likeness (QED) is 0.498. The molecule has 3 heterocycles. The molecular weight excluding hydrogens is 451 g/mol. The van der Waals surface area contributed by atoms with Crippen LogP contribution in [0.2, 0.25) is 0 Å². The topological polar surface area (TPSA) is 125 Å². The van der Waals surface area contributed by atoms with Crippen molar-refractivity contribution in [2.75, 3.05) is 6.54 Å². The third kappa shape index (κ3) is 3.99. The molecule has 0 bridgehead atoms. The van der Waals surface area contributed by atoms with Crippen molar-refractivity contribution in [1.29, 1.82) is 0 Å². The first kappa shape index (κ1) is 23.0. The summed E-state index contributed by atoms with van der Waals surface area (Å²) in [6, 6.07) is 6.02. The van der Waals surface area contributed by atoms with Gasteiger partial charge in [0.1, 0.15) is 29.4 Å². The molecule has 0 saturated carbocycles. The number of halogens is 3. The van der Waals surface area contributed by atoms with Crippen LogP contribution in [0, 0.1) is 0 Å². The van der Waals surface area contributed by atoms with Crippen LogP contribution in [0.4, 0.5) is 13.2 Å². The Labute approximate surface area is 185 Å². The van der Waals surface area contributed by atoms with E-state index < -0.39 is 52.8 Å². The molecule has 2 saturated heterocycles. The lowest BCUT2D eigenvalue weighted by atomic mass is 9.90. The Balaban J connectivity index is 1.56. The molecule has 1 aromatic heterocycles. The average molecular weight is 473 g/mol. The summed E-state index contributed by atoms with van der Waals surface area (Å²) in [6.07, 6.45) is -7.57. The zero-order chi connectivity index (χ0) is 23.1. The summed E-state index contributed by atoms with van der Waals surface area (Å²) in [5.74, 6) is 0. The van der Waals surface area contributed by atoms with Crippen LogP contribution in [0.5, 0.6) is 0 Å². The molecule has 6 atom stereocenters. The number of alkyl halides is 3. The fraction of sp³-hybridized carbons (Fsp3) is 0.526. The van der Waals surface area contributed by atoms with Gasteiger partial charge in [-0.05, 0) is 12.5 Å². The number of aliphatic hydroxyl groups excluding tert-OH is 2. The van der Waals surface area contributed by atoms with E-state index in [1.54, 1.807) is 0 Å². The van der Waals surface area contributed by atoms with Crippen LogP contribution in [-0.4, -0.2) is 78.0 Å². The lowest BCUT2D eigenvalue weighted by Gasteiger charge is -2.38. The van der Waals surface area contributed by atoms with Crippen molar-refractivity contribution < 1.29 is 33.2 Å². The summed E-state index contributed by atoms with van der Waals surface area (Å²) < 4.78 is 48.5. The van der Waals surface area contributed by atoms with E-state index in [2.05, 4.69) is 20.6 Å². The SMILES string of the molecule is CCN=C1NC2C(OC(Cn3cc(C(O)(c4ccccc4)C(F)(F)F)nn3)C(O)C2O)S1. The summed E-state index contributed by atoms with van der Waals surface area (Å²) in [5, 5.41) is 42.4. The molecule has 2 aliphatic rings. The highest BCUT2D eigenvalue weighted by molar-refractivity contribution is 8.14. The monoisotopic (exact) mass is 473 g/mol. The third-order valence-corrected chi connectivity index (χ3v) is 6.51. The minimum absolute atomic E-state index is 0.183. The Bertz CT molecular complexity index is 975. The number of nitrogens with one attached hydrogen (secondary N) is 1. The molecule has 0 spiro atoms. The number of ether oxygens (including phenoxy) is 1. The molecule has 9 nitrogen and oxygen atoms in total. The van der Waals surface area contributed by atoms with Crippen molar-refractivity contribution in [3.63, 3.8) is 0 Å². The second kappa shape index (κ2) is 8.63. The molecule has 6 unspecified atom stereocenters. The van der Waals surface area contributed by atoms with Crippen LogP contribution in [0.1, 0.15) is 18.2 Å². The first-order chi connectivity index (χ1) is 15.1. The van der Waals surface area contributed by atoms with Crippen molar-refractivity contribution in [2.45, 2.75) is 55.0 Å². The number of amidine groups is 1. The van der Waals surface area contributed by atoms with Gasteiger partial charge in [0, 0.05) is 6.54 Å². The average Bonchev–Trinajstić information content (AvgIpc) is 3.38. The number of aliphatic imine (C=N–C) groups is 1. The van der Waals surface area contributed by atoms with Crippen molar-refractivity contribution in [1.82, 2.24) is 20.3 Å². The molecular formula is C19H22F3N5O4S. The molecule has 0 radical (unpaired) electrons. The largest absolute Gasteiger partial charge is 0.427 e. The Morgan fingerprint density at radius 2 is 1.94 bits per heavy atom. The Morgan fingerprint density at radius 1 is 1.22 bits per heavy atom. The van der Waals surface area contributed by atoms with Gasteiger partial charge in [0.05, 0.1) is 18.8 Å². The molecule has 4 rings (SSSR count). The van der Waals surface area contributed by atoms with E-state index in [-0.39, 0.29) is 6.54 Å². The fourth-order valence-electron chi connectivity index (χ4n) is 3.72. The minimum Gasteiger partial charge on any atom is -0.388 e. The van der Waals surface area contributed by atoms with E-state index in [1.807, 2.05) is 6.92 Å². The molecule has 4 N–H and O–H groups in total. The van der Waals surface area contributed by atoms with Crippen LogP contribution in [-0.2, 0) is 16.9 Å². The van der Waals surface area contributed by atoms with E-state index in [1.165, 1.54) is 30.0 Å². The van der Waals surface area contributed by atoms with Gasteiger partial charge < -0.3 is 25.4 Å². The smallest absolute Gasteiger partial charge is 0.388 e. The van der Waals surface area contributed by atoms with Gasteiger partial charge in [-0.2, -0.15) is 13.2 Å². The zero-order valence-corrected chi connectivity index (χ0v) is 17.7. The van der Waals surface area contributed by atoms with Crippen LogP contribution in [0.15, 0.2) is 41.5 Å². The van der Waals surface area contributed by atoms with Crippen LogP contribution < -0.4 is 5.32 Å². The van der Waals surface area contributed by atoms with Gasteiger partial charge in [0.25, 0.3) is 0 Å². The first-order valence-corrected chi connectivity index (χ1v) is 10.8. The van der Waals surface area contributed by atoms with Gasteiger partial charge in [-0.3, -0.25) is 4.99 Å². The van der Waals surface area contributed by atoms with E-state index in [0.717, 1.165) is 23.0 Å². The van der Waals surface area contributed by atoms with Crippen molar-refractivity contribution >= 4 is 16.9 Å². The third-order valence-electron chi connectivity index (χ3n) is 5.40. The van der Waals surface area contributed by atoms with E-state index in [4.69, 9.17) is 4.74 Å². The molecule has 13 heteroatoms. The molecule has 0 aliphatic carbocycles. The van der Waals surface area contributed by atoms with Crippen LogP contribution >= 0.6 is 11.8 Å². The number of hydrogen-bond donors (Lipinski definition) is 4. The Hall–Kier alpha value is -2.19. The summed E-state index contributed by atoms with van der Waals surface area (Å²) >= 11 is 1.26. The maximum Gasteiger partial charge on any atom is 0.427 e. The normalized spacial score (nSPS) is 31.2. The van der Waals surface area contributed by atoms with Gasteiger partial charge >= 0.3 is 6.18 Å². The number of nitrogens with zero attached hydrogens (tertiary/aromatic N) is 4. The lowest BCUT2D eigenvalue weighted by Crippen LogP contribution is -2.59. The molecule has 174 valence electrons. The minimum atomic E-state index is -5.05. The fourth-order valence-corrected chi connectivity index (χ4v) is 4.93. The predicted molar refractivity (Wildman–Crippen MR) is 109 cm³/mol. The number of fused-ring (bicyclic) bond motifs is 1. The predicted octanol–water partition coefficient (Wildman–Crippen LogP) is 0.604. The molecule has 1 aromatic carbocycles. The summed E-state index contributed by atoms with van der Waals surface area (Å²) in [5.41, 5.74) is -5.01. The second-order valence-electron chi connectivity index (χ2n) is 7.49. The Morgan fingerprint density at radius 3 is 2.59 bits per heavy atom. The number of aromatic nitrogens is 3. The zero-order valence-electron chi connectivity index (χ0n) is 16.8. The summed E-state index contributed by atoms with van der Waals surface area (Å²) in [7, 11) is 0. The van der Waals surface area contributed by atoms with E-state index in [9.17, 15) is 28.5 Å². The highest BCUT2D eigenvalue weighted by Gasteiger charge is 2.58. The molecule has 0 amide bonds. The van der Waals surface area contributed by atoms with Crippen molar-refractivity contribution in [3.05, 3.63) is 47.8 Å². The lowest BCUT2D eigenvalue weighted by molar-refractivity contribution is -0.249. The van der Waals surface area contributed by atoms with Crippen LogP contribution in [0.25, 0.3) is 0 Å². The number of thioether (sulfide) groups is 1. The van der Waals surface area contributed by atoms with Crippen LogP contribution in [0.3, 0.4) is 0 Å². The van der Waals surface area contributed by atoms with Crippen molar-refractivity contribution in [3.8, 4) is 0 Å². The highest BCUT2D eigenvalue weighted by atomic mass is 32.2. The summed E-state index contributed by atoms with van der Waals surface area (Å²) in [6.45, 7) is 2.20. The van der Waals surface area contributed by atoms with Gasteiger partial charge in [0.2, 0.25) is 5.60 Å². The molecule has 2 fully saturated rings. The van der Waals surface area contributed by atoms with Gasteiger partial charge in [-0.15, -0.1) is 5.10 Å². The summed E-state index contributed by atoms with van der Waals surface area (Å²) in [4.78, 5) is 4.23. The number of rotatable bonds is 5. The maximum absolute atomic E-state index is 13.9. The standard InChI is InChI=1S/C19H22F3N5O4S/c1-2-23-17-24-13-15(29)14(28)11(31-16(13)32-17)8-27-9-12(25-26-27)18(30,19(20,21)22)10-6-4-3-5-7-10/h3-7,9,11,13-16,28-30H,2,8H2,1H3,(H,23,24). The number of hydrogen-bond acceptors (Lipinski definition) is 8. The van der Waals surface area contributed by atoms with E-state index >= 15 is 0 Å². The van der Waals surface area contributed by atoms with Gasteiger partial charge in [0.15, 0.2) is 5.17 Å². The van der Waals surface area contributed by atoms with Gasteiger partial charge in [-0.25, -0.2) is 4.68 Å². The van der Waals surface area contributed by atoms with E-state index in [0.29, 0.717) is 11.7 Å². The number of aliphatic hydroxyl groups is 3. The van der Waals surface area contributed by atoms with Crippen molar-refractivity contribution in [2.24, 2.45) is 4.99 Å². The highest BCUT2D eigenvalue weighted by Crippen LogP contribution is 2.43. The molecule has 2 aliphatic heterocycles. The number of benzene rings is 1. The second-order valence-corrected chi connectivity index (χ2v) is 8.58. The molecule has 32 heavy (non-hydrogen) atoms. The van der Waals surface area contributed by atoms with Gasteiger partial charge in [-0.1, -0.05) is 47.3 Å². The Kier molecular flexibility index (Phi) is 6.20. The maximum atomic E-state index is 13.9. The molecule has 2 aromatic rings.